The number of ether oxygens (including phenoxy) is 1. The molecule has 0 bridgehead atoms. The summed E-state index contributed by atoms with van der Waals surface area (Å²) in [5, 5.41) is 9.56. The molecule has 0 fully saturated rings. The summed E-state index contributed by atoms with van der Waals surface area (Å²) >= 11 is 0. The first kappa shape index (κ1) is 11.1. The van der Waals surface area contributed by atoms with Gasteiger partial charge in [0.2, 0.25) is 5.88 Å². The van der Waals surface area contributed by atoms with E-state index in [9.17, 15) is 14.7 Å². The van der Waals surface area contributed by atoms with Gasteiger partial charge in [0.05, 0.1) is 7.11 Å². The number of hydrogen-bond donors (Lipinski definition) is 1. The monoisotopic (exact) mass is 234 g/mol. The van der Waals surface area contributed by atoms with Gasteiger partial charge in [-0.2, -0.15) is 4.98 Å². The number of aromatic hydroxyl groups is 1. The van der Waals surface area contributed by atoms with Gasteiger partial charge in [-0.25, -0.2) is 4.79 Å². The van der Waals surface area contributed by atoms with Gasteiger partial charge in [-0.15, -0.1) is 0 Å². The van der Waals surface area contributed by atoms with Crippen molar-refractivity contribution < 1.29 is 14.6 Å². The van der Waals surface area contributed by atoms with Crippen LogP contribution in [0.25, 0.3) is 5.65 Å². The summed E-state index contributed by atoms with van der Waals surface area (Å²) in [6.45, 7) is 1.83. The average molecular weight is 234 g/mol. The van der Waals surface area contributed by atoms with E-state index < -0.39 is 23.0 Å². The van der Waals surface area contributed by atoms with Gasteiger partial charge in [0.15, 0.2) is 5.56 Å². The van der Waals surface area contributed by atoms with E-state index in [1.54, 1.807) is 12.1 Å². The summed E-state index contributed by atoms with van der Waals surface area (Å²) in [6, 6.07) is 3.33. The molecule has 2 heterocycles. The van der Waals surface area contributed by atoms with E-state index in [1.807, 2.05) is 6.92 Å². The van der Waals surface area contributed by atoms with Crippen molar-refractivity contribution in [2.75, 3.05) is 7.11 Å². The average Bonchev–Trinajstić information content (AvgIpc) is 2.28. The molecular formula is C11H10N2O4. The van der Waals surface area contributed by atoms with E-state index in [4.69, 9.17) is 0 Å². The van der Waals surface area contributed by atoms with Gasteiger partial charge in [0.25, 0.3) is 5.56 Å². The second-order valence-corrected chi connectivity index (χ2v) is 3.54. The van der Waals surface area contributed by atoms with Gasteiger partial charge in [-0.3, -0.25) is 9.20 Å². The van der Waals surface area contributed by atoms with Crippen LogP contribution in [0.5, 0.6) is 5.88 Å². The Bertz CT molecular complexity index is 660. The van der Waals surface area contributed by atoms with E-state index >= 15 is 0 Å². The van der Waals surface area contributed by atoms with Crippen LogP contribution in [0.4, 0.5) is 0 Å². The molecule has 0 aromatic carbocycles. The van der Waals surface area contributed by atoms with E-state index in [0.29, 0.717) is 0 Å². The van der Waals surface area contributed by atoms with Gasteiger partial charge in [-0.05, 0) is 24.6 Å². The van der Waals surface area contributed by atoms with Crippen LogP contribution in [0, 0.1) is 6.92 Å². The van der Waals surface area contributed by atoms with Crippen LogP contribution in [0.2, 0.25) is 0 Å². The molecular weight excluding hydrogens is 224 g/mol. The predicted octanol–water partition coefficient (Wildman–Crippen LogP) is 0.495. The predicted molar refractivity (Wildman–Crippen MR) is 59.2 cm³/mol. The number of carbonyl (C=O) groups is 1. The molecule has 0 aliphatic rings. The molecule has 0 aliphatic carbocycles. The number of aryl methyl sites for hydroxylation is 1. The number of hydrogen-bond acceptors (Lipinski definition) is 5. The number of esters is 1. The first-order chi connectivity index (χ1) is 8.04. The highest BCUT2D eigenvalue weighted by Gasteiger charge is 2.20. The molecule has 2 rings (SSSR count). The summed E-state index contributed by atoms with van der Waals surface area (Å²) in [6.07, 6.45) is 1.49. The lowest BCUT2D eigenvalue weighted by Gasteiger charge is -2.05. The minimum absolute atomic E-state index is 0.278. The normalized spacial score (nSPS) is 10.5. The topological polar surface area (TPSA) is 80.9 Å². The molecule has 6 heteroatoms. The van der Waals surface area contributed by atoms with Crippen molar-refractivity contribution in [1.29, 1.82) is 0 Å². The fraction of sp³-hybridized carbons (Fsp3) is 0.182. The highest BCUT2D eigenvalue weighted by Crippen LogP contribution is 2.12. The Morgan fingerprint density at radius 2 is 2.24 bits per heavy atom. The Morgan fingerprint density at radius 3 is 2.88 bits per heavy atom. The number of rotatable bonds is 1. The van der Waals surface area contributed by atoms with Crippen molar-refractivity contribution in [3.63, 3.8) is 0 Å². The Labute approximate surface area is 96.1 Å². The fourth-order valence-electron chi connectivity index (χ4n) is 1.51. The third kappa shape index (κ3) is 1.73. The van der Waals surface area contributed by atoms with Crippen molar-refractivity contribution >= 4 is 11.6 Å². The summed E-state index contributed by atoms with van der Waals surface area (Å²) in [5.74, 6) is -1.53. The number of methoxy groups -OCH3 is 1. The van der Waals surface area contributed by atoms with E-state index in [0.717, 1.165) is 12.7 Å². The van der Waals surface area contributed by atoms with Crippen molar-refractivity contribution in [2.24, 2.45) is 0 Å². The zero-order chi connectivity index (χ0) is 12.6. The molecule has 88 valence electrons. The quantitative estimate of drug-likeness (QED) is 0.726. The summed E-state index contributed by atoms with van der Waals surface area (Å²) < 4.78 is 5.60. The molecule has 1 N–H and O–H groups in total. The fourth-order valence-corrected chi connectivity index (χ4v) is 1.51. The zero-order valence-corrected chi connectivity index (χ0v) is 9.30. The molecule has 0 amide bonds. The first-order valence-electron chi connectivity index (χ1n) is 4.85. The molecule has 17 heavy (non-hydrogen) atoms. The Balaban J connectivity index is 2.86. The molecule has 0 aliphatic heterocycles. The molecule has 6 nitrogen and oxygen atoms in total. The highest BCUT2D eigenvalue weighted by molar-refractivity contribution is 5.91. The van der Waals surface area contributed by atoms with Crippen LogP contribution in [0.15, 0.2) is 23.1 Å². The second-order valence-electron chi connectivity index (χ2n) is 3.54. The Morgan fingerprint density at radius 1 is 1.53 bits per heavy atom. The van der Waals surface area contributed by atoms with E-state index in [1.165, 1.54) is 10.6 Å². The van der Waals surface area contributed by atoms with E-state index in [-0.39, 0.29) is 5.65 Å². The SMILES string of the molecule is COC(=O)c1c(O)nc2cc(C)ccn2c1=O. The Kier molecular flexibility index (Phi) is 2.55. The lowest BCUT2D eigenvalue weighted by atomic mass is 10.2. The maximum atomic E-state index is 11.9. The van der Waals surface area contributed by atoms with Crippen LogP contribution in [-0.2, 0) is 4.74 Å². The number of nitrogens with zero attached hydrogens (tertiary/aromatic N) is 2. The largest absolute Gasteiger partial charge is 0.492 e. The standard InChI is InChI=1S/C11H10N2O4/c1-6-3-4-13-7(5-6)12-9(14)8(10(13)15)11(16)17-2/h3-5,14H,1-2H3. The van der Waals surface area contributed by atoms with Crippen molar-refractivity contribution in [3.05, 3.63) is 39.8 Å². The summed E-state index contributed by atoms with van der Waals surface area (Å²) in [4.78, 5) is 27.0. The van der Waals surface area contributed by atoms with Gasteiger partial charge >= 0.3 is 5.97 Å². The number of pyridine rings is 1. The van der Waals surface area contributed by atoms with Crippen LogP contribution >= 0.6 is 0 Å². The molecule has 0 saturated carbocycles. The smallest absolute Gasteiger partial charge is 0.349 e. The maximum Gasteiger partial charge on any atom is 0.349 e. The molecule has 2 aromatic heterocycles. The molecule has 0 atom stereocenters. The molecule has 0 radical (unpaired) electrons. The Hall–Kier alpha value is -2.37. The molecule has 0 unspecified atom stereocenters. The summed E-state index contributed by atoms with van der Waals surface area (Å²) in [7, 11) is 1.13. The number of aromatic nitrogens is 2. The van der Waals surface area contributed by atoms with Gasteiger partial charge in [0, 0.05) is 6.20 Å². The minimum atomic E-state index is -0.907. The van der Waals surface area contributed by atoms with E-state index in [2.05, 4.69) is 9.72 Å². The maximum absolute atomic E-state index is 11.9. The van der Waals surface area contributed by atoms with Crippen LogP contribution in [0.3, 0.4) is 0 Å². The van der Waals surface area contributed by atoms with Gasteiger partial charge in [0.1, 0.15) is 5.65 Å². The summed E-state index contributed by atoms with van der Waals surface area (Å²) in [5.41, 5.74) is 0.0514. The zero-order valence-electron chi connectivity index (χ0n) is 9.30. The number of carbonyl (C=O) groups excluding carboxylic acids is 1. The van der Waals surface area contributed by atoms with Gasteiger partial charge < -0.3 is 9.84 Å². The lowest BCUT2D eigenvalue weighted by molar-refractivity contribution is 0.0594. The molecule has 0 spiro atoms. The number of fused-ring (bicyclic) bond motifs is 1. The highest BCUT2D eigenvalue weighted by atomic mass is 16.5. The lowest BCUT2D eigenvalue weighted by Crippen LogP contribution is -2.24. The minimum Gasteiger partial charge on any atom is -0.492 e. The first-order valence-corrected chi connectivity index (χ1v) is 4.85. The molecule has 2 aromatic rings. The van der Waals surface area contributed by atoms with Crippen LogP contribution < -0.4 is 5.56 Å². The van der Waals surface area contributed by atoms with Crippen molar-refractivity contribution in [3.8, 4) is 5.88 Å². The molecule has 0 saturated heterocycles. The van der Waals surface area contributed by atoms with Crippen molar-refractivity contribution in [1.82, 2.24) is 9.38 Å². The van der Waals surface area contributed by atoms with Crippen molar-refractivity contribution in [2.45, 2.75) is 6.92 Å². The third-order valence-electron chi connectivity index (χ3n) is 2.36. The second kappa shape index (κ2) is 3.89. The van der Waals surface area contributed by atoms with Gasteiger partial charge in [-0.1, -0.05) is 0 Å². The van der Waals surface area contributed by atoms with Crippen LogP contribution in [-0.4, -0.2) is 27.6 Å². The third-order valence-corrected chi connectivity index (χ3v) is 2.36. The van der Waals surface area contributed by atoms with Crippen LogP contribution in [0.1, 0.15) is 15.9 Å².